The molecule has 0 amide bonds. The smallest absolute Gasteiger partial charge is 0.240 e. The summed E-state index contributed by atoms with van der Waals surface area (Å²) in [5.74, 6) is 0.298. The number of carbonyl (C=O) groups is 1. The van der Waals surface area contributed by atoms with E-state index in [-0.39, 0.29) is 22.6 Å². The Morgan fingerprint density at radius 1 is 0.952 bits per heavy atom. The maximum absolute atomic E-state index is 12.3. The minimum atomic E-state index is -3.47. The molecule has 1 aromatic carbocycles. The van der Waals surface area contributed by atoms with Gasteiger partial charge in [-0.05, 0) is 37.8 Å². The summed E-state index contributed by atoms with van der Waals surface area (Å²) < 4.78 is 27.4. The van der Waals surface area contributed by atoms with Crippen LogP contribution in [0.2, 0.25) is 0 Å². The van der Waals surface area contributed by atoms with E-state index in [0.717, 1.165) is 38.5 Å². The molecule has 2 aliphatic carbocycles. The van der Waals surface area contributed by atoms with Gasteiger partial charge in [0, 0.05) is 17.5 Å². The molecule has 1 aromatic rings. The molecular weight excluding hydrogens is 286 g/mol. The van der Waals surface area contributed by atoms with Crippen molar-refractivity contribution in [1.82, 2.24) is 4.72 Å². The number of hydrogen-bond acceptors (Lipinski definition) is 3. The molecule has 5 heteroatoms. The van der Waals surface area contributed by atoms with Gasteiger partial charge in [0.1, 0.15) is 0 Å². The summed E-state index contributed by atoms with van der Waals surface area (Å²) in [5, 5.41) is 0. The lowest BCUT2D eigenvalue weighted by atomic mass is 9.96. The van der Waals surface area contributed by atoms with E-state index >= 15 is 0 Å². The van der Waals surface area contributed by atoms with Gasteiger partial charge in [0.25, 0.3) is 0 Å². The van der Waals surface area contributed by atoms with Gasteiger partial charge in [-0.1, -0.05) is 31.4 Å². The third kappa shape index (κ3) is 3.52. The SMILES string of the molecule is O=C(c1ccc(S(=O)(=O)NC2CCCCC2)cc1)C1CC1. The normalized spacial score (nSPS) is 20.4. The summed E-state index contributed by atoms with van der Waals surface area (Å²) in [6.45, 7) is 0. The molecule has 0 bridgehead atoms. The van der Waals surface area contributed by atoms with Crippen molar-refractivity contribution in [2.75, 3.05) is 0 Å². The van der Waals surface area contributed by atoms with E-state index in [1.807, 2.05) is 0 Å². The lowest BCUT2D eigenvalue weighted by Crippen LogP contribution is -2.36. The number of sulfonamides is 1. The van der Waals surface area contributed by atoms with E-state index in [9.17, 15) is 13.2 Å². The highest BCUT2D eigenvalue weighted by Crippen LogP contribution is 2.32. The Hall–Kier alpha value is -1.20. The van der Waals surface area contributed by atoms with Crippen molar-refractivity contribution >= 4 is 15.8 Å². The van der Waals surface area contributed by atoms with Crippen LogP contribution in [0.25, 0.3) is 0 Å². The van der Waals surface area contributed by atoms with Crippen molar-refractivity contribution in [3.8, 4) is 0 Å². The minimum Gasteiger partial charge on any atom is -0.294 e. The molecule has 0 aromatic heterocycles. The fourth-order valence-electron chi connectivity index (χ4n) is 2.89. The third-order valence-electron chi connectivity index (χ3n) is 4.32. The van der Waals surface area contributed by atoms with Crippen molar-refractivity contribution in [1.29, 1.82) is 0 Å². The van der Waals surface area contributed by atoms with E-state index in [0.29, 0.717) is 5.56 Å². The molecule has 0 radical (unpaired) electrons. The molecule has 0 saturated heterocycles. The summed E-state index contributed by atoms with van der Waals surface area (Å²) in [5.41, 5.74) is 0.620. The monoisotopic (exact) mass is 307 g/mol. The third-order valence-corrected chi connectivity index (χ3v) is 5.86. The molecule has 3 rings (SSSR count). The van der Waals surface area contributed by atoms with E-state index < -0.39 is 10.0 Å². The summed E-state index contributed by atoms with van der Waals surface area (Å²) in [4.78, 5) is 12.2. The molecule has 114 valence electrons. The maximum Gasteiger partial charge on any atom is 0.240 e. The summed E-state index contributed by atoms with van der Waals surface area (Å²) in [6.07, 6.45) is 7.11. The molecule has 2 aliphatic rings. The Kier molecular flexibility index (Phi) is 4.13. The number of nitrogens with one attached hydrogen (secondary N) is 1. The zero-order valence-corrected chi connectivity index (χ0v) is 12.9. The number of Topliss-reactive ketones (excluding diaryl/α,β-unsaturated/α-hetero) is 1. The van der Waals surface area contributed by atoms with Crippen molar-refractivity contribution in [3.63, 3.8) is 0 Å². The van der Waals surface area contributed by atoms with E-state index in [1.54, 1.807) is 24.3 Å². The first-order valence-corrected chi connectivity index (χ1v) is 9.21. The number of benzene rings is 1. The summed E-state index contributed by atoms with van der Waals surface area (Å²) in [7, 11) is -3.47. The van der Waals surface area contributed by atoms with Crippen LogP contribution in [0.5, 0.6) is 0 Å². The lowest BCUT2D eigenvalue weighted by Gasteiger charge is -2.22. The predicted octanol–water partition coefficient (Wildman–Crippen LogP) is 2.89. The Balaban J connectivity index is 1.70. The number of ketones is 1. The number of rotatable bonds is 5. The Morgan fingerprint density at radius 3 is 2.14 bits per heavy atom. The van der Waals surface area contributed by atoms with Crippen LogP contribution in [0.15, 0.2) is 29.2 Å². The molecule has 0 atom stereocenters. The zero-order valence-electron chi connectivity index (χ0n) is 12.0. The second-order valence-electron chi connectivity index (χ2n) is 6.12. The van der Waals surface area contributed by atoms with Crippen molar-refractivity contribution in [3.05, 3.63) is 29.8 Å². The predicted molar refractivity (Wildman–Crippen MR) is 80.7 cm³/mol. The first-order valence-electron chi connectivity index (χ1n) is 7.73. The second-order valence-corrected chi connectivity index (χ2v) is 7.83. The fraction of sp³-hybridized carbons (Fsp3) is 0.562. The average Bonchev–Trinajstić information content (AvgIpc) is 3.32. The topological polar surface area (TPSA) is 63.2 Å². The molecule has 4 nitrogen and oxygen atoms in total. The van der Waals surface area contributed by atoms with Crippen LogP contribution < -0.4 is 4.72 Å². The van der Waals surface area contributed by atoms with Crippen LogP contribution in [0.4, 0.5) is 0 Å². The molecular formula is C16H21NO3S. The molecule has 2 fully saturated rings. The minimum absolute atomic E-state index is 0.0523. The van der Waals surface area contributed by atoms with Gasteiger partial charge < -0.3 is 0 Å². The highest BCUT2D eigenvalue weighted by atomic mass is 32.2. The van der Waals surface area contributed by atoms with Crippen LogP contribution in [0, 0.1) is 5.92 Å². The number of carbonyl (C=O) groups excluding carboxylic acids is 1. The van der Waals surface area contributed by atoms with Crippen LogP contribution in [-0.4, -0.2) is 20.2 Å². The molecule has 2 saturated carbocycles. The molecule has 0 heterocycles. The molecule has 1 N–H and O–H groups in total. The van der Waals surface area contributed by atoms with Gasteiger partial charge in [0.15, 0.2) is 5.78 Å². The van der Waals surface area contributed by atoms with Crippen LogP contribution in [0.3, 0.4) is 0 Å². The van der Waals surface area contributed by atoms with Gasteiger partial charge in [0.05, 0.1) is 4.90 Å². The van der Waals surface area contributed by atoms with Gasteiger partial charge in [-0.15, -0.1) is 0 Å². The molecule has 0 aliphatic heterocycles. The molecule has 0 unspecified atom stereocenters. The van der Waals surface area contributed by atoms with Gasteiger partial charge in [0.2, 0.25) is 10.0 Å². The summed E-state index contributed by atoms with van der Waals surface area (Å²) >= 11 is 0. The highest BCUT2D eigenvalue weighted by molar-refractivity contribution is 7.89. The van der Waals surface area contributed by atoms with Crippen molar-refractivity contribution in [2.24, 2.45) is 5.92 Å². The van der Waals surface area contributed by atoms with Crippen molar-refractivity contribution < 1.29 is 13.2 Å². The zero-order chi connectivity index (χ0) is 14.9. The lowest BCUT2D eigenvalue weighted by molar-refractivity contribution is 0.0967. The van der Waals surface area contributed by atoms with E-state index in [2.05, 4.69) is 4.72 Å². The Bertz CT molecular complexity index is 611. The van der Waals surface area contributed by atoms with Gasteiger partial charge in [-0.2, -0.15) is 0 Å². The van der Waals surface area contributed by atoms with Crippen LogP contribution in [0.1, 0.15) is 55.3 Å². The van der Waals surface area contributed by atoms with Gasteiger partial charge >= 0.3 is 0 Å². The van der Waals surface area contributed by atoms with Crippen molar-refractivity contribution in [2.45, 2.75) is 55.9 Å². The standard InChI is InChI=1S/C16H21NO3S/c18-16(12-6-7-12)13-8-10-15(11-9-13)21(19,20)17-14-4-2-1-3-5-14/h8-12,14,17H,1-7H2. The van der Waals surface area contributed by atoms with Gasteiger partial charge in [-0.25, -0.2) is 13.1 Å². The largest absolute Gasteiger partial charge is 0.294 e. The van der Waals surface area contributed by atoms with E-state index in [4.69, 9.17) is 0 Å². The molecule has 0 spiro atoms. The summed E-state index contributed by atoms with van der Waals surface area (Å²) in [6, 6.07) is 6.41. The van der Waals surface area contributed by atoms with Gasteiger partial charge in [-0.3, -0.25) is 4.79 Å². The quantitative estimate of drug-likeness (QED) is 0.851. The number of hydrogen-bond donors (Lipinski definition) is 1. The maximum atomic E-state index is 12.3. The highest BCUT2D eigenvalue weighted by Gasteiger charge is 2.30. The first kappa shape index (κ1) is 14.7. The fourth-order valence-corrected chi connectivity index (χ4v) is 4.19. The molecule has 21 heavy (non-hydrogen) atoms. The first-order chi connectivity index (χ1) is 10.1. The van der Waals surface area contributed by atoms with Crippen LogP contribution >= 0.6 is 0 Å². The average molecular weight is 307 g/mol. The second kappa shape index (κ2) is 5.89. The Morgan fingerprint density at radius 2 is 1.57 bits per heavy atom. The van der Waals surface area contributed by atoms with E-state index in [1.165, 1.54) is 6.42 Å². The van der Waals surface area contributed by atoms with Crippen LogP contribution in [-0.2, 0) is 10.0 Å². The Labute approximate surface area is 126 Å².